The fraction of sp³-hybridized carbons (Fsp3) is 0.435. The highest BCUT2D eigenvalue weighted by Crippen LogP contribution is 2.34. The van der Waals surface area contributed by atoms with Crippen LogP contribution in [0.4, 0.5) is 10.1 Å². The Bertz CT molecular complexity index is 1080. The maximum absolute atomic E-state index is 14.0. The molecule has 3 heterocycles. The number of carboxylic acid groups (broad SMARTS) is 1. The zero-order chi connectivity index (χ0) is 21.4. The largest absolute Gasteiger partial charge is 0.476 e. The Kier molecular flexibility index (Phi) is 5.31. The Balaban J connectivity index is 1.18. The molecule has 0 unspecified atom stereocenters. The van der Waals surface area contributed by atoms with E-state index in [1.807, 2.05) is 18.3 Å². The fourth-order valence-electron chi connectivity index (χ4n) is 5.15. The summed E-state index contributed by atoms with van der Waals surface area (Å²) in [5, 5.41) is 17.3. The third-order valence-electron chi connectivity index (χ3n) is 6.82. The minimum atomic E-state index is -1.05. The van der Waals surface area contributed by atoms with Gasteiger partial charge in [0.2, 0.25) is 0 Å². The topological polar surface area (TPSA) is 74.5 Å². The molecule has 2 aromatic heterocycles. The number of aromatic carboxylic acids is 1. The summed E-state index contributed by atoms with van der Waals surface area (Å²) < 4.78 is 16.3. The summed E-state index contributed by atoms with van der Waals surface area (Å²) in [7, 11) is 0. The maximum atomic E-state index is 14.0. The average molecular weight is 423 g/mol. The number of hydrogen-bond donors (Lipinski definition) is 1. The molecule has 1 saturated heterocycles. The highest BCUT2D eigenvalue weighted by molar-refractivity contribution is 5.86. The minimum Gasteiger partial charge on any atom is -0.476 e. The number of carbonyl (C=O) groups is 1. The van der Waals surface area contributed by atoms with E-state index >= 15 is 0 Å². The van der Waals surface area contributed by atoms with Crippen molar-refractivity contribution in [1.82, 2.24) is 19.7 Å². The molecule has 1 aliphatic carbocycles. The number of rotatable bonds is 4. The lowest BCUT2D eigenvalue weighted by Crippen LogP contribution is -2.51. The van der Waals surface area contributed by atoms with E-state index in [1.54, 1.807) is 18.3 Å². The van der Waals surface area contributed by atoms with Gasteiger partial charge in [-0.3, -0.25) is 4.90 Å². The van der Waals surface area contributed by atoms with E-state index in [0.717, 1.165) is 63.1 Å². The van der Waals surface area contributed by atoms with Crippen LogP contribution in [0.15, 0.2) is 42.7 Å². The van der Waals surface area contributed by atoms with Gasteiger partial charge in [-0.1, -0.05) is 6.07 Å². The van der Waals surface area contributed by atoms with Crippen LogP contribution in [0.5, 0.6) is 0 Å². The van der Waals surface area contributed by atoms with Gasteiger partial charge in [0.05, 0.1) is 17.4 Å². The molecular weight excluding hydrogens is 397 g/mol. The lowest BCUT2D eigenvalue weighted by atomic mass is 9.89. The number of carboxylic acids is 1. The number of anilines is 1. The second-order valence-electron chi connectivity index (χ2n) is 8.49. The van der Waals surface area contributed by atoms with Gasteiger partial charge in [0.25, 0.3) is 0 Å². The van der Waals surface area contributed by atoms with E-state index in [1.165, 1.54) is 6.07 Å². The molecule has 0 radical (unpaired) electrons. The lowest BCUT2D eigenvalue weighted by molar-refractivity contribution is 0.0689. The summed E-state index contributed by atoms with van der Waals surface area (Å²) in [5.41, 5.74) is 1.79. The van der Waals surface area contributed by atoms with E-state index in [0.29, 0.717) is 17.5 Å². The van der Waals surface area contributed by atoms with E-state index in [2.05, 4.69) is 24.6 Å². The van der Waals surface area contributed by atoms with E-state index < -0.39 is 5.97 Å². The van der Waals surface area contributed by atoms with Crippen LogP contribution in [-0.4, -0.2) is 63.0 Å². The van der Waals surface area contributed by atoms with Crippen LogP contribution in [0.25, 0.3) is 10.9 Å². The predicted molar refractivity (Wildman–Crippen MR) is 116 cm³/mol. The van der Waals surface area contributed by atoms with Crippen LogP contribution < -0.4 is 4.90 Å². The summed E-state index contributed by atoms with van der Waals surface area (Å²) in [4.78, 5) is 15.9. The van der Waals surface area contributed by atoms with Crippen molar-refractivity contribution in [2.45, 2.75) is 37.8 Å². The smallest absolute Gasteiger partial charge is 0.356 e. The normalized spacial score (nSPS) is 22.7. The quantitative estimate of drug-likeness (QED) is 0.692. The standard InChI is InChI=1S/C23H26FN5O2/c24-20-2-1-3-22-19(20)8-9-29(22)17-6-4-16(5-7-17)27-10-12-28(13-11-27)18-14-21(23(30)31)26-25-15-18/h1-3,8-9,14-17H,4-7,10-13H2,(H,30,31)/t16-,17+. The Morgan fingerprint density at radius 1 is 1.03 bits per heavy atom. The summed E-state index contributed by atoms with van der Waals surface area (Å²) in [6.45, 7) is 3.62. The second-order valence-corrected chi connectivity index (χ2v) is 8.49. The van der Waals surface area contributed by atoms with Crippen molar-refractivity contribution in [2.75, 3.05) is 31.1 Å². The van der Waals surface area contributed by atoms with Crippen molar-refractivity contribution in [3.8, 4) is 0 Å². The molecule has 3 aromatic rings. The Hall–Kier alpha value is -3.00. The zero-order valence-electron chi connectivity index (χ0n) is 17.3. The zero-order valence-corrected chi connectivity index (χ0v) is 17.3. The molecule has 31 heavy (non-hydrogen) atoms. The van der Waals surface area contributed by atoms with E-state index in [-0.39, 0.29) is 11.5 Å². The fourth-order valence-corrected chi connectivity index (χ4v) is 5.15. The Morgan fingerprint density at radius 3 is 2.52 bits per heavy atom. The van der Waals surface area contributed by atoms with Gasteiger partial charge in [-0.25, -0.2) is 9.18 Å². The number of nitrogens with zero attached hydrogens (tertiary/aromatic N) is 5. The number of halogens is 1. The number of piperazine rings is 1. The summed E-state index contributed by atoms with van der Waals surface area (Å²) >= 11 is 0. The van der Waals surface area contributed by atoms with E-state index in [4.69, 9.17) is 5.11 Å². The molecule has 7 nitrogen and oxygen atoms in total. The molecule has 1 aromatic carbocycles. The summed E-state index contributed by atoms with van der Waals surface area (Å²) in [6, 6.07) is 9.80. The molecule has 0 amide bonds. The molecule has 0 bridgehead atoms. The van der Waals surface area contributed by atoms with Crippen molar-refractivity contribution in [2.24, 2.45) is 0 Å². The third-order valence-corrected chi connectivity index (χ3v) is 6.82. The highest BCUT2D eigenvalue weighted by atomic mass is 19.1. The predicted octanol–water partition coefficient (Wildman–Crippen LogP) is 3.57. The van der Waals surface area contributed by atoms with Gasteiger partial charge in [0.1, 0.15) is 5.82 Å². The molecule has 2 fully saturated rings. The molecule has 162 valence electrons. The molecule has 0 spiro atoms. The Morgan fingerprint density at radius 2 is 1.77 bits per heavy atom. The van der Waals surface area contributed by atoms with Gasteiger partial charge in [-0.05, 0) is 49.9 Å². The second kappa shape index (κ2) is 8.26. The summed E-state index contributed by atoms with van der Waals surface area (Å²) in [6.07, 6.45) is 8.14. The van der Waals surface area contributed by atoms with Gasteiger partial charge in [-0.2, -0.15) is 5.10 Å². The number of aromatic nitrogens is 3. The van der Waals surface area contributed by atoms with Crippen molar-refractivity contribution in [3.63, 3.8) is 0 Å². The van der Waals surface area contributed by atoms with Gasteiger partial charge < -0.3 is 14.6 Å². The highest BCUT2D eigenvalue weighted by Gasteiger charge is 2.29. The molecule has 2 aliphatic rings. The first kappa shape index (κ1) is 19.9. The Labute approximate surface area is 180 Å². The van der Waals surface area contributed by atoms with Crippen LogP contribution in [0, 0.1) is 5.82 Å². The van der Waals surface area contributed by atoms with Gasteiger partial charge in [0.15, 0.2) is 5.69 Å². The first-order valence-corrected chi connectivity index (χ1v) is 10.9. The number of fused-ring (bicyclic) bond motifs is 1. The average Bonchev–Trinajstić information content (AvgIpc) is 3.25. The number of benzene rings is 1. The third kappa shape index (κ3) is 3.87. The first-order valence-electron chi connectivity index (χ1n) is 10.9. The molecule has 1 aliphatic heterocycles. The SMILES string of the molecule is O=C(O)c1cc(N2CCN([C@H]3CC[C@@H](n4ccc5c(F)cccc54)CC3)CC2)cnn1. The van der Waals surface area contributed by atoms with Crippen molar-refractivity contribution in [1.29, 1.82) is 0 Å². The van der Waals surface area contributed by atoms with Crippen molar-refractivity contribution >= 4 is 22.6 Å². The van der Waals surface area contributed by atoms with Crippen LogP contribution in [0.2, 0.25) is 0 Å². The molecule has 8 heteroatoms. The van der Waals surface area contributed by atoms with Crippen molar-refractivity contribution in [3.05, 3.63) is 54.2 Å². The molecule has 1 saturated carbocycles. The molecular formula is C23H26FN5O2. The van der Waals surface area contributed by atoms with Crippen LogP contribution in [0.3, 0.4) is 0 Å². The van der Waals surface area contributed by atoms with Gasteiger partial charge in [-0.15, -0.1) is 5.10 Å². The summed E-state index contributed by atoms with van der Waals surface area (Å²) in [5.74, 6) is -1.20. The molecule has 0 atom stereocenters. The monoisotopic (exact) mass is 423 g/mol. The van der Waals surface area contributed by atoms with E-state index in [9.17, 15) is 9.18 Å². The van der Waals surface area contributed by atoms with Gasteiger partial charge >= 0.3 is 5.97 Å². The maximum Gasteiger partial charge on any atom is 0.356 e. The van der Waals surface area contributed by atoms with Gasteiger partial charge in [0, 0.05) is 49.8 Å². The molecule has 5 rings (SSSR count). The first-order chi connectivity index (χ1) is 15.1. The lowest BCUT2D eigenvalue weighted by Gasteiger charge is -2.42. The minimum absolute atomic E-state index is 0.0179. The molecule has 1 N–H and O–H groups in total. The van der Waals surface area contributed by atoms with Crippen molar-refractivity contribution < 1.29 is 14.3 Å². The van der Waals surface area contributed by atoms with Crippen LogP contribution >= 0.6 is 0 Å². The van der Waals surface area contributed by atoms with Crippen LogP contribution in [-0.2, 0) is 0 Å². The van der Waals surface area contributed by atoms with Crippen LogP contribution in [0.1, 0.15) is 42.2 Å². The number of hydrogen-bond acceptors (Lipinski definition) is 5.